The van der Waals surface area contributed by atoms with Crippen molar-refractivity contribution < 1.29 is 9.90 Å². The average molecular weight is 256 g/mol. The molecule has 0 bridgehead atoms. The van der Waals surface area contributed by atoms with Crippen molar-refractivity contribution in [2.24, 2.45) is 5.92 Å². The molecule has 0 radical (unpaired) electrons. The minimum Gasteiger partial charge on any atom is -0.481 e. The Balaban J connectivity index is 1.76. The molecule has 1 aromatic heterocycles. The van der Waals surface area contributed by atoms with Gasteiger partial charge in [0.1, 0.15) is 5.52 Å². The first-order valence-electron chi connectivity index (χ1n) is 5.99. The van der Waals surface area contributed by atoms with Crippen molar-refractivity contribution in [3.63, 3.8) is 0 Å². The number of anilines is 1. The standard InChI is InChI=1S/C13H12N4O2/c18-12(19)8-5-6-9(7-8)14-13-15-10-3-1-2-4-11(10)16-17-13/h1-6,8-9H,7H2,(H,18,19)(H,14,15,17). The number of carboxylic acids is 1. The number of carboxylic acid groups (broad SMARTS) is 1. The van der Waals surface area contributed by atoms with E-state index in [2.05, 4.69) is 20.5 Å². The van der Waals surface area contributed by atoms with Crippen LogP contribution in [0.5, 0.6) is 0 Å². The summed E-state index contributed by atoms with van der Waals surface area (Å²) in [4.78, 5) is 15.2. The lowest BCUT2D eigenvalue weighted by molar-refractivity contribution is -0.140. The van der Waals surface area contributed by atoms with Gasteiger partial charge in [0.05, 0.1) is 11.4 Å². The van der Waals surface area contributed by atoms with Crippen molar-refractivity contribution in [2.45, 2.75) is 12.5 Å². The van der Waals surface area contributed by atoms with Crippen LogP contribution in [0.2, 0.25) is 0 Å². The number of fused-ring (bicyclic) bond motifs is 1. The van der Waals surface area contributed by atoms with Crippen LogP contribution in [0.3, 0.4) is 0 Å². The Morgan fingerprint density at radius 3 is 2.74 bits per heavy atom. The second-order valence-electron chi connectivity index (χ2n) is 4.44. The molecule has 0 spiro atoms. The normalized spacial score (nSPS) is 21.7. The number of aliphatic carboxylic acids is 1. The summed E-state index contributed by atoms with van der Waals surface area (Å²) in [5.74, 6) is -0.830. The number of benzene rings is 1. The maximum Gasteiger partial charge on any atom is 0.310 e. The molecule has 6 nitrogen and oxygen atoms in total. The van der Waals surface area contributed by atoms with E-state index >= 15 is 0 Å². The summed E-state index contributed by atoms with van der Waals surface area (Å²) in [5.41, 5.74) is 1.50. The Labute approximate surface area is 109 Å². The van der Waals surface area contributed by atoms with E-state index in [0.717, 1.165) is 11.0 Å². The van der Waals surface area contributed by atoms with Crippen molar-refractivity contribution in [3.8, 4) is 0 Å². The van der Waals surface area contributed by atoms with Crippen molar-refractivity contribution in [3.05, 3.63) is 36.4 Å². The first kappa shape index (κ1) is 11.6. The Morgan fingerprint density at radius 1 is 1.21 bits per heavy atom. The molecule has 2 aromatic rings. The predicted molar refractivity (Wildman–Crippen MR) is 69.6 cm³/mol. The highest BCUT2D eigenvalue weighted by Gasteiger charge is 2.24. The van der Waals surface area contributed by atoms with E-state index in [1.165, 1.54) is 0 Å². The van der Waals surface area contributed by atoms with Crippen LogP contribution in [0, 0.1) is 5.92 Å². The molecule has 0 aliphatic heterocycles. The number of nitrogens with zero attached hydrogens (tertiary/aromatic N) is 3. The van der Waals surface area contributed by atoms with Gasteiger partial charge < -0.3 is 10.4 Å². The van der Waals surface area contributed by atoms with Gasteiger partial charge in [0, 0.05) is 6.04 Å². The Hall–Kier alpha value is -2.50. The summed E-state index contributed by atoms with van der Waals surface area (Å²) in [6.45, 7) is 0. The lowest BCUT2D eigenvalue weighted by Gasteiger charge is -2.11. The van der Waals surface area contributed by atoms with Gasteiger partial charge in [-0.05, 0) is 18.6 Å². The number of hydrogen-bond donors (Lipinski definition) is 2. The SMILES string of the molecule is O=C(O)C1C=CC(Nc2nnc3ccccc3n2)C1. The molecule has 0 fully saturated rings. The van der Waals surface area contributed by atoms with E-state index in [-0.39, 0.29) is 6.04 Å². The van der Waals surface area contributed by atoms with Gasteiger partial charge in [0.25, 0.3) is 0 Å². The molecule has 2 unspecified atom stereocenters. The fourth-order valence-electron chi connectivity index (χ4n) is 2.10. The summed E-state index contributed by atoms with van der Waals surface area (Å²) in [7, 11) is 0. The minimum absolute atomic E-state index is 0.0657. The third-order valence-electron chi connectivity index (χ3n) is 3.08. The van der Waals surface area contributed by atoms with E-state index in [4.69, 9.17) is 5.11 Å². The van der Waals surface area contributed by atoms with Crippen LogP contribution in [0.15, 0.2) is 36.4 Å². The van der Waals surface area contributed by atoms with Gasteiger partial charge >= 0.3 is 5.97 Å². The largest absolute Gasteiger partial charge is 0.481 e. The molecule has 1 heterocycles. The van der Waals surface area contributed by atoms with Crippen molar-refractivity contribution >= 4 is 23.0 Å². The van der Waals surface area contributed by atoms with Crippen molar-refractivity contribution in [1.82, 2.24) is 15.2 Å². The average Bonchev–Trinajstić information content (AvgIpc) is 2.87. The van der Waals surface area contributed by atoms with E-state index in [0.29, 0.717) is 12.4 Å². The van der Waals surface area contributed by atoms with E-state index < -0.39 is 11.9 Å². The number of aromatic nitrogens is 3. The van der Waals surface area contributed by atoms with Crippen LogP contribution in [-0.2, 0) is 4.79 Å². The summed E-state index contributed by atoms with van der Waals surface area (Å²) < 4.78 is 0. The monoisotopic (exact) mass is 256 g/mol. The van der Waals surface area contributed by atoms with Gasteiger partial charge in [-0.15, -0.1) is 10.2 Å². The quantitative estimate of drug-likeness (QED) is 0.808. The molecule has 0 amide bonds. The third-order valence-corrected chi connectivity index (χ3v) is 3.08. The fourth-order valence-corrected chi connectivity index (χ4v) is 2.10. The summed E-state index contributed by atoms with van der Waals surface area (Å²) >= 11 is 0. The number of nitrogens with one attached hydrogen (secondary N) is 1. The molecule has 2 N–H and O–H groups in total. The minimum atomic E-state index is -0.807. The molecule has 0 saturated heterocycles. The van der Waals surface area contributed by atoms with Gasteiger partial charge in [-0.3, -0.25) is 4.79 Å². The van der Waals surface area contributed by atoms with Gasteiger partial charge in [-0.25, -0.2) is 4.98 Å². The molecule has 1 aromatic carbocycles. The van der Waals surface area contributed by atoms with Crippen LogP contribution in [-0.4, -0.2) is 32.3 Å². The second kappa shape index (κ2) is 4.64. The fraction of sp³-hybridized carbons (Fsp3) is 0.231. The van der Waals surface area contributed by atoms with E-state index in [1.54, 1.807) is 6.08 Å². The first-order valence-corrected chi connectivity index (χ1v) is 5.99. The highest BCUT2D eigenvalue weighted by molar-refractivity contribution is 5.74. The molecule has 2 atom stereocenters. The van der Waals surface area contributed by atoms with Crippen LogP contribution >= 0.6 is 0 Å². The van der Waals surface area contributed by atoms with Gasteiger partial charge in [-0.1, -0.05) is 24.3 Å². The van der Waals surface area contributed by atoms with Crippen LogP contribution < -0.4 is 5.32 Å². The van der Waals surface area contributed by atoms with Crippen LogP contribution in [0.1, 0.15) is 6.42 Å². The second-order valence-corrected chi connectivity index (χ2v) is 4.44. The molecular weight excluding hydrogens is 244 g/mol. The molecule has 6 heteroatoms. The number of para-hydroxylation sites is 1. The van der Waals surface area contributed by atoms with Crippen LogP contribution in [0.4, 0.5) is 5.95 Å². The summed E-state index contributed by atoms with van der Waals surface area (Å²) in [6.07, 6.45) is 4.03. The number of hydrogen-bond acceptors (Lipinski definition) is 5. The van der Waals surface area contributed by atoms with E-state index in [1.807, 2.05) is 30.3 Å². The maximum atomic E-state index is 10.9. The number of rotatable bonds is 3. The molecule has 96 valence electrons. The molecule has 1 aliphatic carbocycles. The third kappa shape index (κ3) is 2.37. The highest BCUT2D eigenvalue weighted by Crippen LogP contribution is 2.20. The molecule has 3 rings (SSSR count). The summed E-state index contributed by atoms with van der Waals surface area (Å²) in [6, 6.07) is 7.40. The maximum absolute atomic E-state index is 10.9. The van der Waals surface area contributed by atoms with Crippen molar-refractivity contribution in [1.29, 1.82) is 0 Å². The van der Waals surface area contributed by atoms with Crippen molar-refractivity contribution in [2.75, 3.05) is 5.32 Å². The zero-order valence-corrected chi connectivity index (χ0v) is 10.0. The summed E-state index contributed by atoms with van der Waals surface area (Å²) in [5, 5.41) is 20.0. The lowest BCUT2D eigenvalue weighted by atomic mass is 10.1. The smallest absolute Gasteiger partial charge is 0.310 e. The lowest BCUT2D eigenvalue weighted by Crippen LogP contribution is -2.20. The zero-order chi connectivity index (χ0) is 13.2. The topological polar surface area (TPSA) is 88.0 Å². The number of carbonyl (C=O) groups is 1. The van der Waals surface area contributed by atoms with Gasteiger partial charge in [0.2, 0.25) is 5.95 Å². The van der Waals surface area contributed by atoms with Gasteiger partial charge in [0.15, 0.2) is 0 Å². The van der Waals surface area contributed by atoms with Gasteiger partial charge in [-0.2, -0.15) is 0 Å². The van der Waals surface area contributed by atoms with Crippen LogP contribution in [0.25, 0.3) is 11.0 Å². The first-order chi connectivity index (χ1) is 9.22. The highest BCUT2D eigenvalue weighted by atomic mass is 16.4. The molecular formula is C13H12N4O2. The molecule has 0 saturated carbocycles. The Kier molecular flexibility index (Phi) is 2.83. The Bertz CT molecular complexity index is 656. The molecule has 19 heavy (non-hydrogen) atoms. The predicted octanol–water partition coefficient (Wildman–Crippen LogP) is 1.47. The molecule has 1 aliphatic rings. The zero-order valence-electron chi connectivity index (χ0n) is 10.0. The van der Waals surface area contributed by atoms with E-state index in [9.17, 15) is 4.79 Å². The Morgan fingerprint density at radius 2 is 2.00 bits per heavy atom.